The van der Waals surface area contributed by atoms with E-state index in [-0.39, 0.29) is 6.10 Å². The van der Waals surface area contributed by atoms with Gasteiger partial charge in [-0.3, -0.25) is 0 Å². The van der Waals surface area contributed by atoms with Crippen LogP contribution in [0.4, 0.5) is 0 Å². The van der Waals surface area contributed by atoms with Gasteiger partial charge in [-0.2, -0.15) is 0 Å². The van der Waals surface area contributed by atoms with Crippen LogP contribution in [0.1, 0.15) is 38.4 Å². The molecule has 1 aromatic carbocycles. The van der Waals surface area contributed by atoms with Crippen molar-refractivity contribution in [3.05, 3.63) is 35.9 Å². The highest BCUT2D eigenvalue weighted by Gasteiger charge is 2.12. The van der Waals surface area contributed by atoms with Crippen LogP contribution in [0.25, 0.3) is 0 Å². The molecule has 1 aromatic rings. The van der Waals surface area contributed by atoms with Gasteiger partial charge in [0.05, 0.1) is 12.7 Å². The predicted molar refractivity (Wildman–Crippen MR) is 73.0 cm³/mol. The zero-order chi connectivity index (χ0) is 11.8. The maximum atomic E-state index is 5.97. The molecule has 0 amide bonds. The maximum absolute atomic E-state index is 5.97. The summed E-state index contributed by atoms with van der Waals surface area (Å²) in [6, 6.07) is 10.4. The van der Waals surface area contributed by atoms with Crippen molar-refractivity contribution in [3.8, 4) is 0 Å². The van der Waals surface area contributed by atoms with Gasteiger partial charge in [-0.05, 0) is 11.5 Å². The Bertz CT molecular complexity index is 269. The first-order valence-electron chi connectivity index (χ1n) is 6.04. The van der Waals surface area contributed by atoms with Gasteiger partial charge in [0.1, 0.15) is 0 Å². The minimum Gasteiger partial charge on any atom is -0.372 e. The van der Waals surface area contributed by atoms with E-state index in [9.17, 15) is 0 Å². The van der Waals surface area contributed by atoms with Crippen molar-refractivity contribution in [3.63, 3.8) is 0 Å². The third-order valence-corrected chi connectivity index (χ3v) is 3.59. The van der Waals surface area contributed by atoms with Gasteiger partial charge in [0.25, 0.3) is 0 Å². The highest BCUT2D eigenvalue weighted by molar-refractivity contribution is 9.09. The van der Waals surface area contributed by atoms with Gasteiger partial charge >= 0.3 is 0 Å². The molecule has 1 unspecified atom stereocenters. The zero-order valence-corrected chi connectivity index (χ0v) is 11.7. The Balaban J connectivity index is 2.50. The normalized spacial score (nSPS) is 13.0. The van der Waals surface area contributed by atoms with Crippen LogP contribution in [0, 0.1) is 5.92 Å². The molecule has 0 spiro atoms. The number of halogens is 1. The molecule has 0 saturated carbocycles. The maximum Gasteiger partial charge on any atom is 0.0921 e. The molecule has 2 heteroatoms. The molecule has 0 aliphatic rings. The average Bonchev–Trinajstić information content (AvgIpc) is 2.36. The zero-order valence-electron chi connectivity index (χ0n) is 10.2. The highest BCUT2D eigenvalue weighted by atomic mass is 79.9. The predicted octanol–water partition coefficient (Wildman–Crippen LogP) is 4.58. The average molecular weight is 285 g/mol. The van der Waals surface area contributed by atoms with Gasteiger partial charge in [0.2, 0.25) is 0 Å². The summed E-state index contributed by atoms with van der Waals surface area (Å²) >= 11 is 3.52. The number of rotatable bonds is 7. The fraction of sp³-hybridized carbons (Fsp3) is 0.571. The van der Waals surface area contributed by atoms with Crippen molar-refractivity contribution in [2.24, 2.45) is 5.92 Å². The summed E-state index contributed by atoms with van der Waals surface area (Å²) < 4.78 is 5.97. The van der Waals surface area contributed by atoms with Crippen molar-refractivity contribution in [1.82, 2.24) is 0 Å². The van der Waals surface area contributed by atoms with Gasteiger partial charge in [-0.15, -0.1) is 0 Å². The Morgan fingerprint density at radius 1 is 1.12 bits per heavy atom. The van der Waals surface area contributed by atoms with Crippen molar-refractivity contribution in [1.29, 1.82) is 0 Å². The summed E-state index contributed by atoms with van der Waals surface area (Å²) in [5.74, 6) is 0.685. The lowest BCUT2D eigenvalue weighted by Crippen LogP contribution is -2.13. The van der Waals surface area contributed by atoms with Crippen molar-refractivity contribution in [2.45, 2.75) is 32.8 Å². The van der Waals surface area contributed by atoms with Crippen LogP contribution in [0.3, 0.4) is 0 Å². The van der Waals surface area contributed by atoms with Gasteiger partial charge in [0.15, 0.2) is 0 Å². The molecule has 0 bridgehead atoms. The lowest BCUT2D eigenvalue weighted by molar-refractivity contribution is 0.0410. The minimum absolute atomic E-state index is 0.182. The highest BCUT2D eigenvalue weighted by Crippen LogP contribution is 2.21. The molecule has 0 radical (unpaired) electrons. The first kappa shape index (κ1) is 13.7. The van der Waals surface area contributed by atoms with Gasteiger partial charge < -0.3 is 4.74 Å². The van der Waals surface area contributed by atoms with Crippen LogP contribution in [0.5, 0.6) is 0 Å². The van der Waals surface area contributed by atoms with E-state index in [4.69, 9.17) is 4.74 Å². The molecule has 0 heterocycles. The molecule has 90 valence electrons. The second-order valence-electron chi connectivity index (χ2n) is 4.07. The summed E-state index contributed by atoms with van der Waals surface area (Å²) in [5, 5.41) is 0.858. The Hall–Kier alpha value is -0.340. The van der Waals surface area contributed by atoms with Crippen LogP contribution in [-0.2, 0) is 4.74 Å². The van der Waals surface area contributed by atoms with Crippen LogP contribution in [0.15, 0.2) is 30.3 Å². The molecular weight excluding hydrogens is 264 g/mol. The molecule has 1 rings (SSSR count). The molecule has 1 nitrogen and oxygen atoms in total. The Morgan fingerprint density at radius 3 is 2.25 bits per heavy atom. The first-order chi connectivity index (χ1) is 7.81. The molecule has 0 N–H and O–H groups in total. The van der Waals surface area contributed by atoms with Crippen molar-refractivity contribution in [2.75, 3.05) is 11.9 Å². The molecule has 0 aliphatic carbocycles. The van der Waals surface area contributed by atoms with E-state index in [2.05, 4.69) is 54.0 Å². The summed E-state index contributed by atoms with van der Waals surface area (Å²) in [6.07, 6.45) is 2.57. The van der Waals surface area contributed by atoms with Gasteiger partial charge in [0, 0.05) is 5.33 Å². The quantitative estimate of drug-likeness (QED) is 0.666. The molecule has 16 heavy (non-hydrogen) atoms. The molecule has 1 atom stereocenters. The fourth-order valence-electron chi connectivity index (χ4n) is 1.67. The number of hydrogen-bond acceptors (Lipinski definition) is 1. The number of alkyl halides is 1. The molecule has 0 fully saturated rings. The Kier molecular flexibility index (Phi) is 6.74. The summed E-state index contributed by atoms with van der Waals surface area (Å²) in [4.78, 5) is 0. The summed E-state index contributed by atoms with van der Waals surface area (Å²) in [6.45, 7) is 5.31. The lowest BCUT2D eigenvalue weighted by atomic mass is 10.0. The lowest BCUT2D eigenvalue weighted by Gasteiger charge is -2.19. The standard InChI is InChI=1S/C14H21BrO/c1-3-12(4-2)11-16-14(10-15)13-8-6-5-7-9-13/h5-9,12,14H,3-4,10-11H2,1-2H3. The fourth-order valence-corrected chi connectivity index (χ4v) is 2.23. The van der Waals surface area contributed by atoms with Gasteiger partial charge in [-0.25, -0.2) is 0 Å². The number of hydrogen-bond donors (Lipinski definition) is 0. The molecule has 0 aromatic heterocycles. The van der Waals surface area contributed by atoms with Crippen LogP contribution in [0.2, 0.25) is 0 Å². The van der Waals surface area contributed by atoms with E-state index >= 15 is 0 Å². The molecule has 0 aliphatic heterocycles. The molecule has 0 saturated heterocycles. The van der Waals surface area contributed by atoms with E-state index < -0.39 is 0 Å². The Morgan fingerprint density at radius 2 is 1.75 bits per heavy atom. The molecular formula is C14H21BrO. The van der Waals surface area contributed by atoms with Gasteiger partial charge in [-0.1, -0.05) is 73.0 Å². The number of benzene rings is 1. The smallest absolute Gasteiger partial charge is 0.0921 e. The number of ether oxygens (including phenoxy) is 1. The van der Waals surface area contributed by atoms with Crippen LogP contribution < -0.4 is 0 Å². The van der Waals surface area contributed by atoms with E-state index in [1.165, 1.54) is 18.4 Å². The van der Waals surface area contributed by atoms with Crippen molar-refractivity contribution < 1.29 is 4.74 Å². The largest absolute Gasteiger partial charge is 0.372 e. The summed E-state index contributed by atoms with van der Waals surface area (Å²) in [5.41, 5.74) is 1.25. The van der Waals surface area contributed by atoms with Crippen LogP contribution in [-0.4, -0.2) is 11.9 Å². The monoisotopic (exact) mass is 284 g/mol. The third kappa shape index (κ3) is 4.26. The SMILES string of the molecule is CCC(CC)COC(CBr)c1ccccc1. The van der Waals surface area contributed by atoms with E-state index in [1.807, 2.05) is 6.07 Å². The second kappa shape index (κ2) is 7.86. The summed E-state index contributed by atoms with van der Waals surface area (Å²) in [7, 11) is 0. The van der Waals surface area contributed by atoms with Crippen LogP contribution >= 0.6 is 15.9 Å². The van der Waals surface area contributed by atoms with E-state index in [1.54, 1.807) is 0 Å². The first-order valence-corrected chi connectivity index (χ1v) is 7.16. The van der Waals surface area contributed by atoms with E-state index in [0.29, 0.717) is 5.92 Å². The minimum atomic E-state index is 0.182. The Labute approximate surface area is 107 Å². The third-order valence-electron chi connectivity index (χ3n) is 3.00. The second-order valence-corrected chi connectivity index (χ2v) is 4.72. The topological polar surface area (TPSA) is 9.23 Å². The van der Waals surface area contributed by atoms with Crippen molar-refractivity contribution >= 4 is 15.9 Å². The van der Waals surface area contributed by atoms with E-state index in [0.717, 1.165) is 11.9 Å².